The van der Waals surface area contributed by atoms with E-state index >= 15 is 0 Å². The van der Waals surface area contributed by atoms with Crippen LogP contribution in [-0.4, -0.2) is 9.97 Å². The monoisotopic (exact) mass is 308 g/mol. The van der Waals surface area contributed by atoms with Gasteiger partial charge in [-0.3, -0.25) is 4.79 Å². The molecule has 0 atom stereocenters. The maximum atomic E-state index is 11.6. The fourth-order valence-electron chi connectivity index (χ4n) is 2.17. The molecule has 0 saturated heterocycles. The summed E-state index contributed by atoms with van der Waals surface area (Å²) in [4.78, 5) is 18.9. The molecule has 0 spiro atoms. The maximum Gasteiger partial charge on any atom is 0.266 e. The molecule has 6 heteroatoms. The number of nitrogen functional groups attached to an aromatic ring is 1. The van der Waals surface area contributed by atoms with Crippen molar-refractivity contribution < 1.29 is 0 Å². The topological polar surface area (TPSA) is 95.6 Å². The molecule has 3 N–H and O–H groups in total. The molecule has 5 nitrogen and oxygen atoms in total. The predicted octanol–water partition coefficient (Wildman–Crippen LogP) is 2.93. The van der Waals surface area contributed by atoms with E-state index in [9.17, 15) is 4.79 Å². The number of rotatable bonds is 2. The molecule has 2 aromatic heterocycles. The molecule has 2 heterocycles. The summed E-state index contributed by atoms with van der Waals surface area (Å²) in [5.41, 5.74) is 9.29. The molecule has 3 rings (SSSR count). The smallest absolute Gasteiger partial charge is 0.266 e. The van der Waals surface area contributed by atoms with Crippen molar-refractivity contribution in [3.63, 3.8) is 0 Å². The molecule has 0 radical (unpaired) electrons. The van der Waals surface area contributed by atoms with Gasteiger partial charge in [-0.15, -0.1) is 11.3 Å². The lowest BCUT2D eigenvalue weighted by Crippen LogP contribution is -2.11. The van der Waals surface area contributed by atoms with Crippen LogP contribution in [0.1, 0.15) is 11.3 Å². The van der Waals surface area contributed by atoms with Crippen molar-refractivity contribution in [2.24, 2.45) is 0 Å². The van der Waals surface area contributed by atoms with Crippen molar-refractivity contribution in [2.45, 2.75) is 6.92 Å². The predicted molar refractivity (Wildman–Crippen MR) is 87.5 cm³/mol. The SMILES string of the molecule is Cc1[nH]c(=O)c(C#N)cc1-c1csc(-c2cccc(N)c2)n1. The zero-order valence-electron chi connectivity index (χ0n) is 11.8. The van der Waals surface area contributed by atoms with E-state index in [1.54, 1.807) is 13.0 Å². The average molecular weight is 308 g/mol. The van der Waals surface area contributed by atoms with E-state index in [2.05, 4.69) is 9.97 Å². The van der Waals surface area contributed by atoms with Gasteiger partial charge in [0.05, 0.1) is 5.69 Å². The molecule has 0 saturated carbocycles. The molecule has 0 bridgehead atoms. The first-order valence-electron chi connectivity index (χ1n) is 6.54. The average Bonchev–Trinajstić information content (AvgIpc) is 2.97. The Morgan fingerprint density at radius 2 is 2.18 bits per heavy atom. The molecule has 1 aromatic carbocycles. The normalized spacial score (nSPS) is 10.4. The first kappa shape index (κ1) is 14.0. The molecule has 0 aliphatic carbocycles. The second-order valence-corrected chi connectivity index (χ2v) is 5.68. The summed E-state index contributed by atoms with van der Waals surface area (Å²) in [5.74, 6) is 0. The lowest BCUT2D eigenvalue weighted by Gasteiger charge is -2.02. The van der Waals surface area contributed by atoms with Crippen LogP contribution in [0.2, 0.25) is 0 Å². The number of hydrogen-bond donors (Lipinski definition) is 2. The van der Waals surface area contributed by atoms with E-state index in [-0.39, 0.29) is 11.1 Å². The van der Waals surface area contributed by atoms with Crippen LogP contribution in [0.5, 0.6) is 0 Å². The van der Waals surface area contributed by atoms with Gasteiger partial charge in [0, 0.05) is 27.9 Å². The van der Waals surface area contributed by atoms with E-state index in [4.69, 9.17) is 11.0 Å². The Morgan fingerprint density at radius 3 is 2.91 bits per heavy atom. The number of pyridine rings is 1. The van der Waals surface area contributed by atoms with Gasteiger partial charge >= 0.3 is 0 Å². The van der Waals surface area contributed by atoms with Crippen LogP contribution in [0.15, 0.2) is 40.5 Å². The Bertz CT molecular complexity index is 949. The molecule has 108 valence electrons. The summed E-state index contributed by atoms with van der Waals surface area (Å²) < 4.78 is 0. The van der Waals surface area contributed by atoms with E-state index in [1.165, 1.54) is 11.3 Å². The summed E-state index contributed by atoms with van der Waals surface area (Å²) >= 11 is 1.49. The highest BCUT2D eigenvalue weighted by Gasteiger charge is 2.12. The minimum atomic E-state index is -0.380. The minimum absolute atomic E-state index is 0.0825. The van der Waals surface area contributed by atoms with Gasteiger partial charge in [-0.2, -0.15) is 5.26 Å². The Balaban J connectivity index is 2.09. The molecule has 0 unspecified atom stereocenters. The number of nitrogens with one attached hydrogen (secondary N) is 1. The number of thiazole rings is 1. The highest BCUT2D eigenvalue weighted by atomic mass is 32.1. The number of nitriles is 1. The lowest BCUT2D eigenvalue weighted by atomic mass is 10.1. The largest absolute Gasteiger partial charge is 0.399 e. The quantitative estimate of drug-likeness (QED) is 0.711. The molecule has 0 aliphatic rings. The summed E-state index contributed by atoms with van der Waals surface area (Å²) in [6, 6.07) is 11.0. The van der Waals surface area contributed by atoms with E-state index in [0.717, 1.165) is 21.8 Å². The minimum Gasteiger partial charge on any atom is -0.399 e. The molecule has 22 heavy (non-hydrogen) atoms. The molecule has 0 aliphatic heterocycles. The number of nitrogens with zero attached hydrogens (tertiary/aromatic N) is 2. The van der Waals surface area contributed by atoms with E-state index in [0.29, 0.717) is 11.4 Å². The van der Waals surface area contributed by atoms with E-state index < -0.39 is 0 Å². The highest BCUT2D eigenvalue weighted by molar-refractivity contribution is 7.13. The maximum absolute atomic E-state index is 11.6. The van der Waals surface area contributed by atoms with Gasteiger partial charge in [-0.1, -0.05) is 12.1 Å². The van der Waals surface area contributed by atoms with Crippen LogP contribution in [0, 0.1) is 18.3 Å². The zero-order chi connectivity index (χ0) is 15.7. The Labute approximate surface area is 130 Å². The molecule has 0 fully saturated rings. The molecule has 0 amide bonds. The van der Waals surface area contributed by atoms with E-state index in [1.807, 2.05) is 35.7 Å². The van der Waals surface area contributed by atoms with Gasteiger partial charge in [0.1, 0.15) is 16.6 Å². The van der Waals surface area contributed by atoms with Crippen molar-refractivity contribution in [3.8, 4) is 27.9 Å². The fraction of sp³-hybridized carbons (Fsp3) is 0.0625. The van der Waals surface area contributed by atoms with Crippen molar-refractivity contribution in [1.29, 1.82) is 5.26 Å². The standard InChI is InChI=1S/C16H12N4OS/c1-9-13(6-11(7-17)15(21)19-9)14-8-22-16(20-14)10-3-2-4-12(18)5-10/h2-6,8H,18H2,1H3,(H,19,21). The third kappa shape index (κ3) is 2.50. The first-order chi connectivity index (χ1) is 10.6. The van der Waals surface area contributed by atoms with Crippen LogP contribution in [0.3, 0.4) is 0 Å². The van der Waals surface area contributed by atoms with Gasteiger partial charge in [0.2, 0.25) is 0 Å². The Kier molecular flexibility index (Phi) is 3.49. The number of nitrogens with two attached hydrogens (primary N) is 1. The third-order valence-corrected chi connectivity index (χ3v) is 4.16. The lowest BCUT2D eigenvalue weighted by molar-refractivity contribution is 1.13. The molecular weight excluding hydrogens is 296 g/mol. The van der Waals surface area contributed by atoms with Crippen LogP contribution >= 0.6 is 11.3 Å². The number of aromatic amines is 1. The van der Waals surface area contributed by atoms with Gasteiger partial charge in [-0.25, -0.2) is 4.98 Å². The highest BCUT2D eigenvalue weighted by Crippen LogP contribution is 2.30. The summed E-state index contributed by atoms with van der Waals surface area (Å²) in [5, 5.41) is 11.7. The van der Waals surface area contributed by atoms with Gasteiger partial charge in [-0.05, 0) is 25.1 Å². The zero-order valence-corrected chi connectivity index (χ0v) is 12.6. The summed E-state index contributed by atoms with van der Waals surface area (Å²) in [7, 11) is 0. The second kappa shape index (κ2) is 5.47. The Hall–Kier alpha value is -2.91. The Morgan fingerprint density at radius 1 is 1.36 bits per heavy atom. The summed E-state index contributed by atoms with van der Waals surface area (Å²) in [6.07, 6.45) is 0. The van der Waals surface area contributed by atoms with Crippen molar-refractivity contribution >= 4 is 17.0 Å². The number of aromatic nitrogens is 2. The van der Waals surface area contributed by atoms with Crippen LogP contribution in [-0.2, 0) is 0 Å². The second-order valence-electron chi connectivity index (χ2n) is 4.83. The molecular formula is C16H12N4OS. The first-order valence-corrected chi connectivity index (χ1v) is 7.42. The van der Waals surface area contributed by atoms with Crippen LogP contribution in [0.4, 0.5) is 5.69 Å². The van der Waals surface area contributed by atoms with Crippen LogP contribution in [0.25, 0.3) is 21.8 Å². The number of aryl methyl sites for hydroxylation is 1. The van der Waals surface area contributed by atoms with Gasteiger partial charge in [0.25, 0.3) is 5.56 Å². The van der Waals surface area contributed by atoms with Crippen LogP contribution < -0.4 is 11.3 Å². The van der Waals surface area contributed by atoms with Crippen molar-refractivity contribution in [2.75, 3.05) is 5.73 Å². The fourth-order valence-corrected chi connectivity index (χ4v) is 2.99. The number of anilines is 1. The van der Waals surface area contributed by atoms with Gasteiger partial charge in [0.15, 0.2) is 0 Å². The number of H-pyrrole nitrogens is 1. The molecule has 3 aromatic rings. The number of benzene rings is 1. The summed E-state index contributed by atoms with van der Waals surface area (Å²) in [6.45, 7) is 1.79. The van der Waals surface area contributed by atoms with Gasteiger partial charge < -0.3 is 10.7 Å². The van der Waals surface area contributed by atoms with Crippen molar-refractivity contribution in [3.05, 3.63) is 57.3 Å². The van der Waals surface area contributed by atoms with Crippen molar-refractivity contribution in [1.82, 2.24) is 9.97 Å². The third-order valence-electron chi connectivity index (χ3n) is 3.27. The number of hydrogen-bond acceptors (Lipinski definition) is 5.